The summed E-state index contributed by atoms with van der Waals surface area (Å²) in [6.07, 6.45) is -0.00981. The molecule has 200 valence electrons. The van der Waals surface area contributed by atoms with Gasteiger partial charge < -0.3 is 14.3 Å². The minimum atomic E-state index is -0.879. The van der Waals surface area contributed by atoms with Crippen LogP contribution in [0.5, 0.6) is 5.75 Å². The van der Waals surface area contributed by atoms with Crippen LogP contribution in [0.1, 0.15) is 62.3 Å². The van der Waals surface area contributed by atoms with E-state index in [2.05, 4.69) is 20.8 Å². The number of fused-ring (bicyclic) bond motifs is 1. The monoisotopic (exact) mass is 543 g/mol. The zero-order valence-electron chi connectivity index (χ0n) is 22.5. The van der Waals surface area contributed by atoms with Gasteiger partial charge in [-0.1, -0.05) is 56.6 Å². The molecule has 0 spiro atoms. The number of hydrogen-bond donors (Lipinski definition) is 1. The van der Waals surface area contributed by atoms with Gasteiger partial charge in [-0.15, -0.1) is 0 Å². The summed E-state index contributed by atoms with van der Waals surface area (Å²) in [5.41, 5.74) is 2.65. The molecule has 2 heterocycles. The van der Waals surface area contributed by atoms with Crippen LogP contribution < -0.4 is 9.64 Å². The van der Waals surface area contributed by atoms with Crippen molar-refractivity contribution in [2.45, 2.75) is 52.2 Å². The number of nitrogens with zero attached hydrogens (tertiary/aromatic N) is 1. The molecule has 1 amide bonds. The lowest BCUT2D eigenvalue weighted by atomic mass is 9.87. The number of benzene rings is 3. The van der Waals surface area contributed by atoms with Crippen molar-refractivity contribution in [3.8, 4) is 5.75 Å². The van der Waals surface area contributed by atoms with Crippen LogP contribution in [0.2, 0.25) is 5.02 Å². The third-order valence-electron chi connectivity index (χ3n) is 6.73. The second kappa shape index (κ2) is 9.93. The third-order valence-corrected chi connectivity index (χ3v) is 6.97. The fraction of sp³-hybridized carbons (Fsp3) is 0.250. The highest BCUT2D eigenvalue weighted by Gasteiger charge is 2.45. The maximum atomic E-state index is 13.9. The number of carbonyl (C=O) groups excluding carboxylic acids is 2. The molecule has 4 aromatic rings. The molecule has 0 bridgehead atoms. The molecular weight excluding hydrogens is 514 g/mol. The van der Waals surface area contributed by atoms with Gasteiger partial charge >= 0.3 is 0 Å². The van der Waals surface area contributed by atoms with E-state index in [1.165, 1.54) is 4.90 Å². The minimum Gasteiger partial charge on any atom is -0.503 e. The van der Waals surface area contributed by atoms with Gasteiger partial charge in [0, 0.05) is 16.1 Å². The quantitative estimate of drug-likeness (QED) is 0.249. The van der Waals surface area contributed by atoms with Gasteiger partial charge in [0.1, 0.15) is 11.3 Å². The molecule has 7 heteroatoms. The number of furan rings is 1. The van der Waals surface area contributed by atoms with Crippen LogP contribution in [0, 0.1) is 0 Å². The molecule has 0 saturated heterocycles. The van der Waals surface area contributed by atoms with Crippen molar-refractivity contribution >= 4 is 39.9 Å². The number of hydrogen-bond acceptors (Lipinski definition) is 5. The van der Waals surface area contributed by atoms with Crippen molar-refractivity contribution in [1.29, 1.82) is 0 Å². The molecule has 0 saturated carbocycles. The normalized spacial score (nSPS) is 16.0. The van der Waals surface area contributed by atoms with Crippen molar-refractivity contribution in [2.75, 3.05) is 4.90 Å². The summed E-state index contributed by atoms with van der Waals surface area (Å²) in [6, 6.07) is 20.5. The van der Waals surface area contributed by atoms with Gasteiger partial charge in [-0.2, -0.15) is 0 Å². The topological polar surface area (TPSA) is 80.0 Å². The maximum absolute atomic E-state index is 13.9. The Morgan fingerprint density at radius 2 is 1.67 bits per heavy atom. The molecule has 1 N–H and O–H groups in total. The van der Waals surface area contributed by atoms with Crippen LogP contribution in [0.15, 0.2) is 88.5 Å². The Morgan fingerprint density at radius 1 is 1.00 bits per heavy atom. The lowest BCUT2D eigenvalue weighted by molar-refractivity contribution is -0.117. The van der Waals surface area contributed by atoms with Crippen molar-refractivity contribution in [3.63, 3.8) is 0 Å². The molecule has 1 unspecified atom stereocenters. The van der Waals surface area contributed by atoms with Gasteiger partial charge in [-0.3, -0.25) is 14.5 Å². The maximum Gasteiger partial charge on any atom is 0.294 e. The Kier molecular flexibility index (Phi) is 6.77. The number of halogens is 1. The highest BCUT2D eigenvalue weighted by molar-refractivity contribution is 6.31. The third kappa shape index (κ3) is 5.04. The number of carbonyl (C=O) groups is 2. The first-order valence-corrected chi connectivity index (χ1v) is 13.2. The van der Waals surface area contributed by atoms with Crippen LogP contribution in [-0.4, -0.2) is 22.9 Å². The first kappa shape index (κ1) is 26.6. The van der Waals surface area contributed by atoms with E-state index in [1.807, 2.05) is 38.1 Å². The van der Waals surface area contributed by atoms with E-state index in [9.17, 15) is 14.7 Å². The van der Waals surface area contributed by atoms with Crippen LogP contribution in [-0.2, 0) is 10.2 Å². The number of ether oxygens (including phenoxy) is 1. The number of amides is 1. The summed E-state index contributed by atoms with van der Waals surface area (Å²) in [5, 5.41) is 12.3. The van der Waals surface area contributed by atoms with E-state index in [4.69, 9.17) is 20.8 Å². The molecule has 1 atom stereocenters. The van der Waals surface area contributed by atoms with Gasteiger partial charge in [-0.05, 0) is 78.9 Å². The highest BCUT2D eigenvalue weighted by atomic mass is 35.5. The molecule has 5 rings (SSSR count). The molecule has 0 fully saturated rings. The molecular formula is C32H30ClNO5. The van der Waals surface area contributed by atoms with Crippen molar-refractivity contribution in [1.82, 2.24) is 0 Å². The fourth-order valence-corrected chi connectivity index (χ4v) is 4.98. The van der Waals surface area contributed by atoms with E-state index >= 15 is 0 Å². The van der Waals surface area contributed by atoms with E-state index in [-0.39, 0.29) is 22.9 Å². The predicted molar refractivity (Wildman–Crippen MR) is 153 cm³/mol. The summed E-state index contributed by atoms with van der Waals surface area (Å²) in [4.78, 5) is 28.9. The van der Waals surface area contributed by atoms with Crippen LogP contribution in [0.25, 0.3) is 11.0 Å². The van der Waals surface area contributed by atoms with Crippen LogP contribution in [0.4, 0.5) is 5.69 Å². The first-order valence-electron chi connectivity index (χ1n) is 12.8. The Hall–Kier alpha value is -4.03. The minimum absolute atomic E-state index is 0.00981. The Balaban J connectivity index is 1.61. The second-order valence-electron chi connectivity index (χ2n) is 11.0. The van der Waals surface area contributed by atoms with Crippen molar-refractivity contribution in [3.05, 3.63) is 106 Å². The van der Waals surface area contributed by atoms with Crippen molar-refractivity contribution < 1.29 is 23.8 Å². The summed E-state index contributed by atoms with van der Waals surface area (Å²) >= 11 is 6.11. The van der Waals surface area contributed by atoms with Gasteiger partial charge in [0.25, 0.3) is 5.91 Å². The molecule has 3 aromatic carbocycles. The molecule has 1 aliphatic rings. The highest BCUT2D eigenvalue weighted by Crippen LogP contribution is 2.43. The molecule has 1 aromatic heterocycles. The molecule has 39 heavy (non-hydrogen) atoms. The predicted octanol–water partition coefficient (Wildman–Crippen LogP) is 7.95. The zero-order chi connectivity index (χ0) is 28.1. The average molecular weight is 544 g/mol. The first-order chi connectivity index (χ1) is 18.4. The SMILES string of the molecule is CC(C)Oc1ccc(C2C(C(=O)c3cc4cc(Cl)ccc4o3)=C(O)C(=O)N2c2ccc(C(C)(C)C)cc2)cc1. The van der Waals surface area contributed by atoms with E-state index in [0.717, 1.165) is 5.56 Å². The number of ketones is 1. The van der Waals surface area contributed by atoms with E-state index < -0.39 is 23.5 Å². The average Bonchev–Trinajstić information content (AvgIpc) is 3.42. The molecule has 0 aliphatic carbocycles. The number of Topliss-reactive ketones (excluding diaryl/α,β-unsaturated/α-hetero) is 1. The number of aliphatic hydroxyl groups is 1. The van der Waals surface area contributed by atoms with E-state index in [0.29, 0.717) is 33.0 Å². The summed E-state index contributed by atoms with van der Waals surface area (Å²) < 4.78 is 11.6. The fourth-order valence-electron chi connectivity index (χ4n) is 4.80. The zero-order valence-corrected chi connectivity index (χ0v) is 23.2. The number of aliphatic hydroxyl groups excluding tert-OH is 1. The van der Waals surface area contributed by atoms with Crippen molar-refractivity contribution in [2.24, 2.45) is 0 Å². The van der Waals surface area contributed by atoms with Gasteiger partial charge in [0.05, 0.1) is 17.7 Å². The van der Waals surface area contributed by atoms with E-state index in [1.54, 1.807) is 48.5 Å². The standard InChI is InChI=1S/C32H30ClNO5/c1-18(2)38-24-13-6-19(7-14-24)28-27(29(35)26-17-20-16-22(33)10-15-25(20)39-26)30(36)31(37)34(28)23-11-8-21(9-12-23)32(3,4)5/h6-18,28,36H,1-5H3. The molecule has 6 nitrogen and oxygen atoms in total. The van der Waals surface area contributed by atoms with Gasteiger partial charge in [-0.25, -0.2) is 0 Å². The smallest absolute Gasteiger partial charge is 0.294 e. The molecule has 0 radical (unpaired) electrons. The lowest BCUT2D eigenvalue weighted by Crippen LogP contribution is -2.31. The van der Waals surface area contributed by atoms with Gasteiger partial charge in [0.15, 0.2) is 11.5 Å². The number of rotatable bonds is 6. The largest absolute Gasteiger partial charge is 0.503 e. The second-order valence-corrected chi connectivity index (χ2v) is 11.4. The Bertz CT molecular complexity index is 1590. The van der Waals surface area contributed by atoms with Crippen LogP contribution >= 0.6 is 11.6 Å². The number of anilines is 1. The lowest BCUT2D eigenvalue weighted by Gasteiger charge is -2.28. The van der Waals surface area contributed by atoms with Crippen LogP contribution in [0.3, 0.4) is 0 Å². The Morgan fingerprint density at radius 3 is 2.28 bits per heavy atom. The Labute approximate surface area is 232 Å². The summed E-state index contributed by atoms with van der Waals surface area (Å²) in [5.74, 6) is -1.17. The summed E-state index contributed by atoms with van der Waals surface area (Å²) in [7, 11) is 0. The van der Waals surface area contributed by atoms with Gasteiger partial charge in [0.2, 0.25) is 5.78 Å². The molecule has 1 aliphatic heterocycles. The summed E-state index contributed by atoms with van der Waals surface area (Å²) in [6.45, 7) is 10.2.